The second kappa shape index (κ2) is 8.80. The minimum atomic E-state index is -5.13. The summed E-state index contributed by atoms with van der Waals surface area (Å²) in [5.41, 5.74) is -0.791. The Kier molecular flexibility index (Phi) is 9.00. The van der Waals surface area contributed by atoms with E-state index in [2.05, 4.69) is 0 Å². The van der Waals surface area contributed by atoms with Gasteiger partial charge in [0.15, 0.2) is 0 Å². The normalized spacial score (nSPS) is 11.8. The van der Waals surface area contributed by atoms with E-state index >= 15 is 0 Å². The summed E-state index contributed by atoms with van der Waals surface area (Å²) >= 11 is 0. The first kappa shape index (κ1) is 20.5. The fourth-order valence-corrected chi connectivity index (χ4v) is 2.33. The Morgan fingerprint density at radius 3 is 2.35 bits per heavy atom. The minimum absolute atomic E-state index is 0. The molecule has 0 N–H and O–H groups in total. The molecule has 0 spiro atoms. The Morgan fingerprint density at radius 2 is 1.80 bits per heavy atom. The average molecular weight is 334 g/mol. The van der Waals surface area contributed by atoms with Gasteiger partial charge in [0.2, 0.25) is 0 Å². The van der Waals surface area contributed by atoms with Gasteiger partial charge in [0.05, 0.1) is 18.1 Å². The van der Waals surface area contributed by atoms with Gasteiger partial charge in [0.25, 0.3) is 0 Å². The molecule has 0 saturated heterocycles. The van der Waals surface area contributed by atoms with Crippen molar-refractivity contribution in [1.29, 1.82) is 0 Å². The number of ether oxygens (including phenoxy) is 1. The van der Waals surface area contributed by atoms with E-state index in [0.717, 1.165) is 6.07 Å². The summed E-state index contributed by atoms with van der Waals surface area (Å²) < 4.78 is 65.5. The molecule has 0 aliphatic heterocycles. The molecule has 0 atom stereocenters. The van der Waals surface area contributed by atoms with Gasteiger partial charge in [-0.2, -0.15) is 0 Å². The molecule has 108 valence electrons. The van der Waals surface area contributed by atoms with Crippen LogP contribution in [0.25, 0.3) is 0 Å². The van der Waals surface area contributed by atoms with Crippen molar-refractivity contribution in [1.82, 2.24) is 0 Å². The number of rotatable bonds is 7. The predicted octanol–water partition coefficient (Wildman–Crippen LogP) is -1.05. The largest absolute Gasteiger partial charge is 1.00 e. The van der Waals surface area contributed by atoms with Crippen molar-refractivity contribution in [3.63, 3.8) is 0 Å². The molecule has 0 radical (unpaired) electrons. The average Bonchev–Trinajstić information content (AvgIpc) is 2.34. The van der Waals surface area contributed by atoms with Gasteiger partial charge in [0.1, 0.15) is 9.84 Å². The number of para-hydroxylation sites is 1. The van der Waals surface area contributed by atoms with Gasteiger partial charge in [-0.15, -0.1) is 0 Å². The summed E-state index contributed by atoms with van der Waals surface area (Å²) in [7, 11) is -3.11. The molecule has 20 heavy (non-hydrogen) atoms. The first-order chi connectivity index (χ1) is 8.76. The summed E-state index contributed by atoms with van der Waals surface area (Å²) in [6.45, 7) is -3.66. The van der Waals surface area contributed by atoms with Crippen molar-refractivity contribution in [2.45, 2.75) is 13.3 Å². The van der Waals surface area contributed by atoms with Crippen LogP contribution in [0.4, 0.5) is 12.9 Å². The van der Waals surface area contributed by atoms with Crippen molar-refractivity contribution in [2.24, 2.45) is 0 Å². The van der Waals surface area contributed by atoms with Gasteiger partial charge in [0, 0.05) is 5.75 Å². The van der Waals surface area contributed by atoms with E-state index in [9.17, 15) is 21.4 Å². The quantitative estimate of drug-likeness (QED) is 0.472. The number of hydrogen-bond donors (Lipinski definition) is 0. The smallest absolute Gasteiger partial charge is 0.497 e. The predicted molar refractivity (Wildman–Crippen MR) is 69.6 cm³/mol. The summed E-state index contributed by atoms with van der Waals surface area (Å²) in [4.78, 5) is 0. The molecule has 1 aromatic carbocycles. The Labute approximate surface area is 159 Å². The van der Waals surface area contributed by atoms with E-state index in [1.807, 2.05) is 0 Å². The molecule has 1 aromatic rings. The van der Waals surface area contributed by atoms with Crippen LogP contribution in [0.3, 0.4) is 0 Å². The molecule has 0 aromatic heterocycles. The number of benzene rings is 1. The Bertz CT molecular complexity index is 520. The summed E-state index contributed by atoms with van der Waals surface area (Å²) in [5.74, 6) is -0.304. The van der Waals surface area contributed by atoms with Gasteiger partial charge < -0.3 is 17.7 Å². The third-order valence-electron chi connectivity index (χ3n) is 2.57. The maximum atomic E-state index is 12.7. The SMILES string of the molecule is CCS(=O)(=O)CCCOc1ccccc1[B-](F)(F)F.[K+]. The number of hydrogen-bond acceptors (Lipinski definition) is 3. The van der Waals surface area contributed by atoms with Gasteiger partial charge in [-0.3, -0.25) is 0 Å². The van der Waals surface area contributed by atoms with Crippen molar-refractivity contribution < 1.29 is 77.5 Å². The number of sulfone groups is 1. The topological polar surface area (TPSA) is 43.4 Å². The van der Waals surface area contributed by atoms with Gasteiger partial charge in [-0.05, 0) is 12.5 Å². The van der Waals surface area contributed by atoms with E-state index in [4.69, 9.17) is 4.74 Å². The fraction of sp³-hybridized carbons (Fsp3) is 0.455. The summed E-state index contributed by atoms with van der Waals surface area (Å²) in [6, 6.07) is 4.93. The fourth-order valence-electron chi connectivity index (χ4n) is 1.49. The van der Waals surface area contributed by atoms with Crippen LogP contribution in [0, 0.1) is 0 Å². The van der Waals surface area contributed by atoms with Crippen LogP contribution >= 0.6 is 0 Å². The van der Waals surface area contributed by atoms with Crippen LogP contribution in [-0.4, -0.2) is 33.5 Å². The molecule has 0 saturated carbocycles. The molecule has 0 aliphatic carbocycles. The van der Waals surface area contributed by atoms with Gasteiger partial charge in [-0.1, -0.05) is 30.6 Å². The summed E-state index contributed by atoms with van der Waals surface area (Å²) in [5, 5.41) is 0. The first-order valence-electron chi connectivity index (χ1n) is 5.88. The van der Waals surface area contributed by atoms with Gasteiger partial charge in [-0.25, -0.2) is 8.42 Å². The number of halogens is 3. The molecule has 1 rings (SSSR count). The van der Waals surface area contributed by atoms with Crippen LogP contribution in [0.2, 0.25) is 0 Å². The van der Waals surface area contributed by atoms with Crippen LogP contribution in [0.1, 0.15) is 13.3 Å². The first-order valence-corrected chi connectivity index (χ1v) is 7.70. The van der Waals surface area contributed by atoms with Crippen molar-refractivity contribution in [3.8, 4) is 5.75 Å². The van der Waals surface area contributed by atoms with Crippen LogP contribution < -0.4 is 61.6 Å². The Balaban J connectivity index is 0.00000361. The second-order valence-corrected chi connectivity index (χ2v) is 6.52. The van der Waals surface area contributed by atoms with Crippen molar-refractivity contribution in [3.05, 3.63) is 24.3 Å². The molecule has 3 nitrogen and oxygen atoms in total. The molecule has 0 aliphatic rings. The third-order valence-corrected chi connectivity index (χ3v) is 4.36. The van der Waals surface area contributed by atoms with Crippen LogP contribution in [-0.2, 0) is 9.84 Å². The summed E-state index contributed by atoms with van der Waals surface area (Å²) in [6.07, 6.45) is 0.176. The maximum absolute atomic E-state index is 12.7. The standard InChI is InChI=1S/C11H15BF3O3S.K/c1-2-19(16,17)9-5-8-18-11-7-4-3-6-10(11)12(13,14)15;/h3-4,6-7H,2,5,8-9H2,1H3;/q-1;+1. The zero-order valence-electron chi connectivity index (χ0n) is 11.5. The molecular formula is C11H15BF3KO3S. The van der Waals surface area contributed by atoms with E-state index < -0.39 is 22.3 Å². The minimum Gasteiger partial charge on any atom is -0.497 e. The molecule has 0 heterocycles. The molecular weight excluding hydrogens is 319 g/mol. The van der Waals surface area contributed by atoms with E-state index in [-0.39, 0.29) is 81.7 Å². The zero-order chi connectivity index (χ0) is 14.5. The van der Waals surface area contributed by atoms with Crippen LogP contribution in [0.5, 0.6) is 5.75 Å². The van der Waals surface area contributed by atoms with E-state index in [1.54, 1.807) is 0 Å². The molecule has 0 bridgehead atoms. The molecule has 9 heteroatoms. The zero-order valence-corrected chi connectivity index (χ0v) is 15.4. The monoisotopic (exact) mass is 334 g/mol. The third kappa shape index (κ3) is 6.95. The van der Waals surface area contributed by atoms with Gasteiger partial charge >= 0.3 is 58.4 Å². The van der Waals surface area contributed by atoms with E-state index in [0.29, 0.717) is 0 Å². The molecule has 0 fully saturated rings. The molecule has 0 unspecified atom stereocenters. The maximum Gasteiger partial charge on any atom is 1.00 e. The molecule has 0 amide bonds. The second-order valence-electron chi connectivity index (χ2n) is 4.05. The Morgan fingerprint density at radius 1 is 1.20 bits per heavy atom. The van der Waals surface area contributed by atoms with Crippen LogP contribution in [0.15, 0.2) is 24.3 Å². The Hall–Kier alpha value is 0.461. The van der Waals surface area contributed by atoms with Crippen molar-refractivity contribution >= 4 is 22.3 Å². The van der Waals surface area contributed by atoms with Crippen molar-refractivity contribution in [2.75, 3.05) is 18.1 Å². The van der Waals surface area contributed by atoms with E-state index in [1.165, 1.54) is 25.1 Å².